The number of Topliss-reactive ketones (excluding diaryl/α,β-unsaturated/α-hetero) is 1. The van der Waals surface area contributed by atoms with Gasteiger partial charge in [-0.3, -0.25) is 4.79 Å². The molecule has 1 N–H and O–H groups in total. The first-order valence-corrected chi connectivity index (χ1v) is 7.08. The Balaban J connectivity index is 1.77. The van der Waals surface area contributed by atoms with E-state index in [1.165, 1.54) is 18.2 Å². The second-order valence-electron chi connectivity index (χ2n) is 5.34. The summed E-state index contributed by atoms with van der Waals surface area (Å²) in [5.41, 5.74) is 0.839. The predicted octanol–water partition coefficient (Wildman–Crippen LogP) is 3.55. The number of carbonyl (C=O) groups excluding carboxylic acids is 1. The molecule has 1 aliphatic rings. The molecule has 1 heterocycles. The third-order valence-corrected chi connectivity index (χ3v) is 3.92. The molecule has 1 fully saturated rings. The molecule has 1 unspecified atom stereocenters. The lowest BCUT2D eigenvalue weighted by Gasteiger charge is -2.22. The largest absolute Gasteiger partial charge is 0.314 e. The molecule has 1 saturated heterocycles. The standard InChI is InChI=1S/C17H19NO/c19-17(12-16-7-3-4-10-18-16)15-9-8-13-5-1-2-6-14(13)11-15/h1-2,5-6,8-9,11,16,18H,3-4,7,10,12H2. The molecule has 2 heteroatoms. The molecule has 2 aromatic rings. The third-order valence-electron chi connectivity index (χ3n) is 3.92. The average Bonchev–Trinajstić information content (AvgIpc) is 2.48. The van der Waals surface area contributed by atoms with E-state index in [0.29, 0.717) is 12.5 Å². The molecule has 98 valence electrons. The van der Waals surface area contributed by atoms with Gasteiger partial charge in [0.1, 0.15) is 0 Å². The van der Waals surface area contributed by atoms with Gasteiger partial charge in [-0.15, -0.1) is 0 Å². The number of nitrogens with one attached hydrogen (secondary N) is 1. The molecule has 2 nitrogen and oxygen atoms in total. The summed E-state index contributed by atoms with van der Waals surface area (Å²) < 4.78 is 0. The maximum Gasteiger partial charge on any atom is 0.164 e. The van der Waals surface area contributed by atoms with Crippen molar-refractivity contribution < 1.29 is 4.79 Å². The zero-order chi connectivity index (χ0) is 13.1. The molecule has 1 atom stereocenters. The molecule has 0 radical (unpaired) electrons. The van der Waals surface area contributed by atoms with E-state index in [9.17, 15) is 4.79 Å². The summed E-state index contributed by atoms with van der Waals surface area (Å²) in [5, 5.41) is 5.77. The SMILES string of the molecule is O=C(CC1CCCCN1)c1ccc2ccccc2c1. The molecule has 2 aromatic carbocycles. The minimum Gasteiger partial charge on any atom is -0.314 e. The van der Waals surface area contributed by atoms with Crippen LogP contribution in [0.5, 0.6) is 0 Å². The zero-order valence-electron chi connectivity index (χ0n) is 11.1. The highest BCUT2D eigenvalue weighted by molar-refractivity contribution is 6.00. The van der Waals surface area contributed by atoms with Crippen LogP contribution >= 0.6 is 0 Å². The molecule has 1 aliphatic heterocycles. The number of benzene rings is 2. The molecule has 0 aliphatic carbocycles. The highest BCUT2D eigenvalue weighted by Crippen LogP contribution is 2.18. The molecule has 0 amide bonds. The maximum atomic E-state index is 12.3. The van der Waals surface area contributed by atoms with Gasteiger partial charge >= 0.3 is 0 Å². The first-order chi connectivity index (χ1) is 9.33. The number of hydrogen-bond acceptors (Lipinski definition) is 2. The zero-order valence-corrected chi connectivity index (χ0v) is 11.1. The molecule has 19 heavy (non-hydrogen) atoms. The van der Waals surface area contributed by atoms with Crippen molar-refractivity contribution in [1.82, 2.24) is 5.32 Å². The third kappa shape index (κ3) is 2.85. The van der Waals surface area contributed by atoms with E-state index in [1.54, 1.807) is 0 Å². The van der Waals surface area contributed by atoms with Crippen LogP contribution < -0.4 is 5.32 Å². The van der Waals surface area contributed by atoms with Crippen LogP contribution in [-0.4, -0.2) is 18.4 Å². The topological polar surface area (TPSA) is 29.1 Å². The molecular weight excluding hydrogens is 234 g/mol. The van der Waals surface area contributed by atoms with Gasteiger partial charge in [-0.2, -0.15) is 0 Å². The van der Waals surface area contributed by atoms with Gasteiger partial charge in [-0.1, -0.05) is 42.8 Å². The number of fused-ring (bicyclic) bond motifs is 1. The fourth-order valence-electron chi connectivity index (χ4n) is 2.80. The van der Waals surface area contributed by atoms with Gasteiger partial charge in [0.25, 0.3) is 0 Å². The smallest absolute Gasteiger partial charge is 0.164 e. The Hall–Kier alpha value is -1.67. The van der Waals surface area contributed by atoms with Crippen LogP contribution in [0.1, 0.15) is 36.0 Å². The lowest BCUT2D eigenvalue weighted by atomic mass is 9.96. The summed E-state index contributed by atoms with van der Waals surface area (Å²) in [6.45, 7) is 1.05. The van der Waals surface area contributed by atoms with Crippen LogP contribution in [0.4, 0.5) is 0 Å². The average molecular weight is 253 g/mol. The number of hydrogen-bond donors (Lipinski definition) is 1. The Kier molecular flexibility index (Phi) is 3.60. The lowest BCUT2D eigenvalue weighted by Crippen LogP contribution is -2.35. The second-order valence-corrected chi connectivity index (χ2v) is 5.34. The van der Waals surface area contributed by atoms with Crippen LogP contribution in [0.2, 0.25) is 0 Å². The molecule has 0 bridgehead atoms. The van der Waals surface area contributed by atoms with E-state index in [1.807, 2.05) is 30.3 Å². The number of carbonyl (C=O) groups is 1. The summed E-state index contributed by atoms with van der Waals surface area (Å²) in [6, 6.07) is 14.5. The van der Waals surface area contributed by atoms with Crippen molar-refractivity contribution in [1.29, 1.82) is 0 Å². The van der Waals surface area contributed by atoms with E-state index in [-0.39, 0.29) is 5.78 Å². The summed E-state index contributed by atoms with van der Waals surface area (Å²) in [6.07, 6.45) is 4.22. The Labute approximate surface area is 113 Å². The number of ketones is 1. The molecular formula is C17H19NO. The van der Waals surface area contributed by atoms with E-state index in [4.69, 9.17) is 0 Å². The molecule has 0 saturated carbocycles. The van der Waals surface area contributed by atoms with E-state index >= 15 is 0 Å². The minimum atomic E-state index is 0.255. The van der Waals surface area contributed by atoms with Crippen molar-refractivity contribution in [3.8, 4) is 0 Å². The Morgan fingerprint density at radius 3 is 2.74 bits per heavy atom. The van der Waals surface area contributed by atoms with E-state index in [0.717, 1.165) is 23.9 Å². The van der Waals surface area contributed by atoms with Crippen LogP contribution in [0.15, 0.2) is 42.5 Å². The summed E-state index contributed by atoms with van der Waals surface area (Å²) >= 11 is 0. The second kappa shape index (κ2) is 5.54. The van der Waals surface area contributed by atoms with Gasteiger partial charge in [-0.05, 0) is 36.2 Å². The fourth-order valence-corrected chi connectivity index (χ4v) is 2.80. The molecule has 3 rings (SSSR count). The first-order valence-electron chi connectivity index (χ1n) is 7.08. The van der Waals surface area contributed by atoms with Crippen molar-refractivity contribution >= 4 is 16.6 Å². The van der Waals surface area contributed by atoms with Gasteiger partial charge in [0.2, 0.25) is 0 Å². The number of rotatable bonds is 3. The van der Waals surface area contributed by atoms with Gasteiger partial charge < -0.3 is 5.32 Å². The maximum absolute atomic E-state index is 12.3. The highest BCUT2D eigenvalue weighted by Gasteiger charge is 2.17. The minimum absolute atomic E-state index is 0.255. The van der Waals surface area contributed by atoms with Crippen molar-refractivity contribution in [2.75, 3.05) is 6.54 Å². The fraction of sp³-hybridized carbons (Fsp3) is 0.353. The summed E-state index contributed by atoms with van der Waals surface area (Å²) in [7, 11) is 0. The highest BCUT2D eigenvalue weighted by atomic mass is 16.1. The van der Waals surface area contributed by atoms with Gasteiger partial charge in [0.05, 0.1) is 0 Å². The van der Waals surface area contributed by atoms with Crippen LogP contribution in [0.25, 0.3) is 10.8 Å². The lowest BCUT2D eigenvalue weighted by molar-refractivity contribution is 0.0964. The van der Waals surface area contributed by atoms with Crippen LogP contribution in [0, 0.1) is 0 Å². The molecule has 0 aromatic heterocycles. The predicted molar refractivity (Wildman–Crippen MR) is 78.5 cm³/mol. The van der Waals surface area contributed by atoms with Gasteiger partial charge in [0.15, 0.2) is 5.78 Å². The van der Waals surface area contributed by atoms with E-state index < -0.39 is 0 Å². The number of piperidine rings is 1. The van der Waals surface area contributed by atoms with Crippen LogP contribution in [0.3, 0.4) is 0 Å². The van der Waals surface area contributed by atoms with Crippen LogP contribution in [-0.2, 0) is 0 Å². The van der Waals surface area contributed by atoms with Crippen molar-refractivity contribution in [2.45, 2.75) is 31.7 Å². The quantitative estimate of drug-likeness (QED) is 0.847. The van der Waals surface area contributed by atoms with Gasteiger partial charge in [-0.25, -0.2) is 0 Å². The summed E-state index contributed by atoms with van der Waals surface area (Å²) in [4.78, 5) is 12.3. The van der Waals surface area contributed by atoms with Crippen molar-refractivity contribution in [2.24, 2.45) is 0 Å². The van der Waals surface area contributed by atoms with Crippen molar-refractivity contribution in [3.63, 3.8) is 0 Å². The Bertz CT molecular complexity index is 585. The molecule has 0 spiro atoms. The Morgan fingerprint density at radius 1 is 1.11 bits per heavy atom. The monoisotopic (exact) mass is 253 g/mol. The first kappa shape index (κ1) is 12.4. The van der Waals surface area contributed by atoms with Gasteiger partial charge in [0, 0.05) is 18.0 Å². The summed E-state index contributed by atoms with van der Waals surface area (Å²) in [5.74, 6) is 0.255. The van der Waals surface area contributed by atoms with Crippen molar-refractivity contribution in [3.05, 3.63) is 48.0 Å². The normalized spacial score (nSPS) is 19.5. The Morgan fingerprint density at radius 2 is 1.95 bits per heavy atom. The van der Waals surface area contributed by atoms with E-state index in [2.05, 4.69) is 17.4 Å².